The summed E-state index contributed by atoms with van der Waals surface area (Å²) in [6, 6.07) is 2.21. The minimum absolute atomic E-state index is 0.355. The van der Waals surface area contributed by atoms with E-state index in [1.165, 1.54) is 17.0 Å². The van der Waals surface area contributed by atoms with E-state index in [9.17, 15) is 0 Å². The van der Waals surface area contributed by atoms with Crippen molar-refractivity contribution in [3.8, 4) is 0 Å². The Hall–Kier alpha value is -1.99. The molecule has 7 nitrogen and oxygen atoms in total. The van der Waals surface area contributed by atoms with Gasteiger partial charge in [-0.3, -0.25) is 9.58 Å². The summed E-state index contributed by atoms with van der Waals surface area (Å²) < 4.78 is 7.63. The lowest BCUT2D eigenvalue weighted by molar-refractivity contribution is 0.0334. The highest BCUT2D eigenvalue weighted by molar-refractivity contribution is 5.43. The molecule has 2 aliphatic heterocycles. The van der Waals surface area contributed by atoms with Crippen LogP contribution in [0, 0.1) is 0 Å². The van der Waals surface area contributed by atoms with Crippen LogP contribution >= 0.6 is 0 Å². The fraction of sp³-hybridized carbons (Fsp3) is 0.588. The van der Waals surface area contributed by atoms with Crippen LogP contribution in [0.2, 0.25) is 0 Å². The smallest absolute Gasteiger partial charge is 0.225 e. The highest BCUT2D eigenvalue weighted by Crippen LogP contribution is 2.30. The van der Waals surface area contributed by atoms with Gasteiger partial charge in [0.05, 0.1) is 37.7 Å². The third-order valence-electron chi connectivity index (χ3n) is 4.69. The molecule has 4 rings (SSSR count). The van der Waals surface area contributed by atoms with Crippen molar-refractivity contribution in [3.63, 3.8) is 0 Å². The maximum Gasteiger partial charge on any atom is 0.225 e. The van der Waals surface area contributed by atoms with Crippen molar-refractivity contribution >= 4 is 5.95 Å². The number of hydrogen-bond acceptors (Lipinski definition) is 6. The molecule has 7 heteroatoms. The molecule has 0 unspecified atom stereocenters. The van der Waals surface area contributed by atoms with E-state index in [-0.39, 0.29) is 0 Å². The third-order valence-corrected chi connectivity index (χ3v) is 4.69. The number of morpholine rings is 1. The van der Waals surface area contributed by atoms with Crippen molar-refractivity contribution in [3.05, 3.63) is 35.4 Å². The van der Waals surface area contributed by atoms with Gasteiger partial charge in [0.2, 0.25) is 5.95 Å². The van der Waals surface area contributed by atoms with E-state index < -0.39 is 0 Å². The first-order valence-electron chi connectivity index (χ1n) is 8.63. The zero-order valence-corrected chi connectivity index (χ0v) is 14.4. The van der Waals surface area contributed by atoms with Crippen LogP contribution in [0.3, 0.4) is 0 Å². The minimum atomic E-state index is 0.355. The quantitative estimate of drug-likeness (QED) is 0.850. The lowest BCUT2D eigenvalue weighted by Gasteiger charge is -2.26. The van der Waals surface area contributed by atoms with Gasteiger partial charge in [-0.2, -0.15) is 5.10 Å². The van der Waals surface area contributed by atoms with Gasteiger partial charge in [0, 0.05) is 43.6 Å². The number of rotatable bonds is 4. The normalized spacial score (nSPS) is 18.4. The average Bonchev–Trinajstić information content (AvgIpc) is 3.17. The Morgan fingerprint density at radius 1 is 1.12 bits per heavy atom. The van der Waals surface area contributed by atoms with Crippen LogP contribution < -0.4 is 4.90 Å². The van der Waals surface area contributed by atoms with Crippen molar-refractivity contribution in [2.75, 3.05) is 31.2 Å². The van der Waals surface area contributed by atoms with Gasteiger partial charge in [-0.05, 0) is 19.9 Å². The Balaban J connectivity index is 1.60. The molecule has 0 saturated carbocycles. The lowest BCUT2D eigenvalue weighted by atomic mass is 10.2. The molecule has 4 heterocycles. The molecule has 128 valence electrons. The van der Waals surface area contributed by atoms with E-state index in [4.69, 9.17) is 9.84 Å². The van der Waals surface area contributed by atoms with Crippen LogP contribution in [-0.2, 0) is 24.4 Å². The largest absolute Gasteiger partial charge is 0.379 e. The molecule has 24 heavy (non-hydrogen) atoms. The lowest BCUT2D eigenvalue weighted by Crippen LogP contribution is -2.36. The number of fused-ring (bicyclic) bond motifs is 1. The fourth-order valence-corrected chi connectivity index (χ4v) is 3.45. The van der Waals surface area contributed by atoms with E-state index in [0.29, 0.717) is 6.04 Å². The Kier molecular flexibility index (Phi) is 4.20. The van der Waals surface area contributed by atoms with E-state index in [2.05, 4.69) is 38.3 Å². The topological polar surface area (TPSA) is 59.3 Å². The minimum Gasteiger partial charge on any atom is -0.379 e. The molecule has 0 N–H and O–H groups in total. The number of hydrogen-bond donors (Lipinski definition) is 0. The molecule has 1 saturated heterocycles. The summed E-state index contributed by atoms with van der Waals surface area (Å²) in [7, 11) is 0. The molecule has 0 aromatic carbocycles. The summed E-state index contributed by atoms with van der Waals surface area (Å²) >= 11 is 0. The standard InChI is InChI=1S/C17H24N6O/c1-13(2)23-16-12-22(17-18-4-3-5-19-17)10-14(16)15(20-23)11-21-6-8-24-9-7-21/h3-5,13H,6-12H2,1-2H3. The SMILES string of the molecule is CC(C)n1nc(CN2CCOCC2)c2c1CN(c1ncccn1)C2. The molecule has 2 aromatic rings. The first-order chi connectivity index (χ1) is 11.7. The summed E-state index contributed by atoms with van der Waals surface area (Å²) in [4.78, 5) is 13.5. The molecule has 2 aliphatic rings. The van der Waals surface area contributed by atoms with Crippen molar-refractivity contribution in [1.29, 1.82) is 0 Å². The zero-order valence-electron chi connectivity index (χ0n) is 14.4. The van der Waals surface area contributed by atoms with E-state index in [1.807, 2.05) is 6.07 Å². The van der Waals surface area contributed by atoms with Gasteiger partial charge in [0.25, 0.3) is 0 Å². The molecular weight excluding hydrogens is 304 g/mol. The predicted octanol–water partition coefficient (Wildman–Crippen LogP) is 1.61. The number of aromatic nitrogens is 4. The van der Waals surface area contributed by atoms with Crippen LogP contribution in [0.5, 0.6) is 0 Å². The van der Waals surface area contributed by atoms with Crippen LogP contribution in [0.4, 0.5) is 5.95 Å². The Labute approximate surface area is 142 Å². The highest BCUT2D eigenvalue weighted by atomic mass is 16.5. The Bertz CT molecular complexity index is 693. The molecule has 0 atom stereocenters. The average molecular weight is 328 g/mol. The highest BCUT2D eigenvalue weighted by Gasteiger charge is 2.30. The molecule has 0 spiro atoms. The van der Waals surface area contributed by atoms with Crippen LogP contribution in [0.25, 0.3) is 0 Å². The molecule has 2 aromatic heterocycles. The van der Waals surface area contributed by atoms with Crippen LogP contribution in [0.1, 0.15) is 36.8 Å². The van der Waals surface area contributed by atoms with Crippen molar-refractivity contribution in [2.24, 2.45) is 0 Å². The second-order valence-electron chi connectivity index (χ2n) is 6.70. The number of nitrogens with zero attached hydrogens (tertiary/aromatic N) is 6. The van der Waals surface area contributed by atoms with Crippen LogP contribution in [-0.4, -0.2) is 51.0 Å². The first-order valence-corrected chi connectivity index (χ1v) is 8.63. The maximum atomic E-state index is 5.46. The Morgan fingerprint density at radius 2 is 1.88 bits per heavy atom. The first kappa shape index (κ1) is 15.5. The zero-order chi connectivity index (χ0) is 16.5. The molecule has 1 fully saturated rings. The number of anilines is 1. The molecule has 0 bridgehead atoms. The maximum absolute atomic E-state index is 5.46. The molecular formula is C17H24N6O. The van der Waals surface area contributed by atoms with Gasteiger partial charge in [0.15, 0.2) is 0 Å². The molecule has 0 radical (unpaired) electrons. The van der Waals surface area contributed by atoms with Gasteiger partial charge in [-0.15, -0.1) is 0 Å². The Morgan fingerprint density at radius 3 is 2.58 bits per heavy atom. The summed E-state index contributed by atoms with van der Waals surface area (Å²) in [6.45, 7) is 10.5. The van der Waals surface area contributed by atoms with Crippen molar-refractivity contribution < 1.29 is 4.74 Å². The van der Waals surface area contributed by atoms with Crippen molar-refractivity contribution in [1.82, 2.24) is 24.6 Å². The van der Waals surface area contributed by atoms with Gasteiger partial charge in [-0.1, -0.05) is 0 Å². The predicted molar refractivity (Wildman–Crippen MR) is 90.6 cm³/mol. The van der Waals surface area contributed by atoms with Gasteiger partial charge >= 0.3 is 0 Å². The summed E-state index contributed by atoms with van der Waals surface area (Å²) in [6.07, 6.45) is 3.60. The summed E-state index contributed by atoms with van der Waals surface area (Å²) in [5.74, 6) is 0.793. The molecule has 0 aliphatic carbocycles. The van der Waals surface area contributed by atoms with E-state index >= 15 is 0 Å². The van der Waals surface area contributed by atoms with Gasteiger partial charge in [-0.25, -0.2) is 9.97 Å². The van der Waals surface area contributed by atoms with Crippen molar-refractivity contribution in [2.45, 2.75) is 39.5 Å². The second-order valence-corrected chi connectivity index (χ2v) is 6.70. The van der Waals surface area contributed by atoms with Gasteiger partial charge in [0.1, 0.15) is 0 Å². The fourth-order valence-electron chi connectivity index (χ4n) is 3.45. The second kappa shape index (κ2) is 6.49. The van der Waals surface area contributed by atoms with E-state index in [1.54, 1.807) is 12.4 Å². The third kappa shape index (κ3) is 2.89. The van der Waals surface area contributed by atoms with Crippen LogP contribution in [0.15, 0.2) is 18.5 Å². The summed E-state index contributed by atoms with van der Waals surface area (Å²) in [5.41, 5.74) is 3.85. The number of ether oxygens (including phenoxy) is 1. The summed E-state index contributed by atoms with van der Waals surface area (Å²) in [5, 5.41) is 4.92. The monoisotopic (exact) mass is 328 g/mol. The molecule has 0 amide bonds. The van der Waals surface area contributed by atoms with Gasteiger partial charge < -0.3 is 9.64 Å². The van der Waals surface area contributed by atoms with E-state index in [0.717, 1.165) is 51.9 Å².